The first kappa shape index (κ1) is 11.3. The molecule has 2 aromatic rings. The fourth-order valence-electron chi connectivity index (χ4n) is 1.83. The van der Waals surface area contributed by atoms with Crippen LogP contribution in [0.2, 0.25) is 0 Å². The van der Waals surface area contributed by atoms with Crippen molar-refractivity contribution in [2.24, 2.45) is 0 Å². The summed E-state index contributed by atoms with van der Waals surface area (Å²) in [5.74, 6) is 2.19. The summed E-state index contributed by atoms with van der Waals surface area (Å²) in [5.41, 5.74) is 6.80. The van der Waals surface area contributed by atoms with Gasteiger partial charge in [-0.25, -0.2) is 4.98 Å². The Morgan fingerprint density at radius 3 is 2.72 bits per heavy atom. The van der Waals surface area contributed by atoms with Gasteiger partial charge in [-0.2, -0.15) is 0 Å². The van der Waals surface area contributed by atoms with Crippen LogP contribution in [-0.4, -0.2) is 18.2 Å². The molecule has 0 saturated heterocycles. The maximum Gasteiger partial charge on any atom is 0.161 e. The SMILES string of the molecule is Cc1sc(-c2ccc3c(c2)OCCCO3)nc1N. The van der Waals surface area contributed by atoms with Crippen LogP contribution in [0.5, 0.6) is 11.5 Å². The lowest BCUT2D eigenvalue weighted by Crippen LogP contribution is -1.97. The van der Waals surface area contributed by atoms with Crippen molar-refractivity contribution < 1.29 is 9.47 Å². The fraction of sp³-hybridized carbons (Fsp3) is 0.308. The van der Waals surface area contributed by atoms with Crippen molar-refractivity contribution in [3.63, 3.8) is 0 Å². The molecular formula is C13H14N2O2S. The minimum absolute atomic E-state index is 0.599. The maximum atomic E-state index is 5.78. The largest absolute Gasteiger partial charge is 0.490 e. The van der Waals surface area contributed by atoms with E-state index >= 15 is 0 Å². The highest BCUT2D eigenvalue weighted by atomic mass is 32.1. The van der Waals surface area contributed by atoms with Crippen molar-refractivity contribution in [1.82, 2.24) is 4.98 Å². The summed E-state index contributed by atoms with van der Waals surface area (Å²) in [5, 5.41) is 0.917. The van der Waals surface area contributed by atoms with Gasteiger partial charge in [0.05, 0.1) is 13.2 Å². The van der Waals surface area contributed by atoms with Gasteiger partial charge in [-0.05, 0) is 25.1 Å². The lowest BCUT2D eigenvalue weighted by atomic mass is 10.2. The zero-order valence-corrected chi connectivity index (χ0v) is 10.9. The molecule has 0 aliphatic carbocycles. The zero-order chi connectivity index (χ0) is 12.5. The fourth-order valence-corrected chi connectivity index (χ4v) is 2.66. The monoisotopic (exact) mass is 262 g/mol. The summed E-state index contributed by atoms with van der Waals surface area (Å²) in [7, 11) is 0. The lowest BCUT2D eigenvalue weighted by Gasteiger charge is -2.07. The quantitative estimate of drug-likeness (QED) is 0.858. The summed E-state index contributed by atoms with van der Waals surface area (Å²) in [6.07, 6.45) is 0.910. The Labute approximate surface area is 109 Å². The van der Waals surface area contributed by atoms with Crippen LogP contribution in [0.4, 0.5) is 5.82 Å². The number of nitrogens with two attached hydrogens (primary N) is 1. The van der Waals surface area contributed by atoms with Crippen molar-refractivity contribution in [3.8, 4) is 22.1 Å². The van der Waals surface area contributed by atoms with Gasteiger partial charge in [0.2, 0.25) is 0 Å². The number of anilines is 1. The highest BCUT2D eigenvalue weighted by Crippen LogP contribution is 2.36. The first-order valence-corrected chi connectivity index (χ1v) is 6.68. The van der Waals surface area contributed by atoms with E-state index in [9.17, 15) is 0 Å². The first-order chi connectivity index (χ1) is 8.74. The van der Waals surface area contributed by atoms with E-state index in [0.29, 0.717) is 19.0 Å². The molecule has 18 heavy (non-hydrogen) atoms. The van der Waals surface area contributed by atoms with Crippen LogP contribution in [0, 0.1) is 6.92 Å². The number of nitrogens with zero attached hydrogens (tertiary/aromatic N) is 1. The van der Waals surface area contributed by atoms with Crippen LogP contribution in [0.1, 0.15) is 11.3 Å². The summed E-state index contributed by atoms with van der Waals surface area (Å²) < 4.78 is 11.3. The van der Waals surface area contributed by atoms with Crippen LogP contribution in [0.3, 0.4) is 0 Å². The third-order valence-corrected chi connectivity index (χ3v) is 3.86. The molecule has 0 saturated carbocycles. The molecule has 4 nitrogen and oxygen atoms in total. The molecule has 1 aromatic heterocycles. The van der Waals surface area contributed by atoms with Gasteiger partial charge >= 0.3 is 0 Å². The second-order valence-electron chi connectivity index (χ2n) is 4.17. The maximum absolute atomic E-state index is 5.78. The lowest BCUT2D eigenvalue weighted by molar-refractivity contribution is 0.297. The highest BCUT2D eigenvalue weighted by Gasteiger charge is 2.13. The number of aromatic nitrogens is 1. The van der Waals surface area contributed by atoms with E-state index in [1.165, 1.54) is 0 Å². The molecule has 0 spiro atoms. The zero-order valence-electron chi connectivity index (χ0n) is 10.1. The molecule has 2 heterocycles. The third-order valence-electron chi connectivity index (χ3n) is 2.83. The van der Waals surface area contributed by atoms with E-state index in [1.807, 2.05) is 25.1 Å². The van der Waals surface area contributed by atoms with Crippen molar-refractivity contribution in [2.45, 2.75) is 13.3 Å². The molecule has 0 atom stereocenters. The topological polar surface area (TPSA) is 57.4 Å². The number of hydrogen-bond acceptors (Lipinski definition) is 5. The van der Waals surface area contributed by atoms with Crippen LogP contribution >= 0.6 is 11.3 Å². The average molecular weight is 262 g/mol. The molecule has 0 amide bonds. The van der Waals surface area contributed by atoms with Gasteiger partial charge in [0.15, 0.2) is 11.5 Å². The molecule has 5 heteroatoms. The van der Waals surface area contributed by atoms with E-state index < -0.39 is 0 Å². The highest BCUT2D eigenvalue weighted by molar-refractivity contribution is 7.15. The Hall–Kier alpha value is -1.75. The molecule has 0 unspecified atom stereocenters. The van der Waals surface area contributed by atoms with Crippen molar-refractivity contribution in [1.29, 1.82) is 0 Å². The Morgan fingerprint density at radius 2 is 2.00 bits per heavy atom. The molecule has 1 aliphatic heterocycles. The van der Waals surface area contributed by atoms with E-state index in [2.05, 4.69) is 4.98 Å². The van der Waals surface area contributed by atoms with Gasteiger partial charge < -0.3 is 15.2 Å². The van der Waals surface area contributed by atoms with E-state index in [1.54, 1.807) is 11.3 Å². The molecule has 0 bridgehead atoms. The molecule has 3 rings (SSSR count). The normalized spacial score (nSPS) is 14.3. The average Bonchev–Trinajstić information content (AvgIpc) is 2.60. The number of rotatable bonds is 1. The molecule has 94 valence electrons. The minimum atomic E-state index is 0.599. The summed E-state index contributed by atoms with van der Waals surface area (Å²) in [6, 6.07) is 5.90. The molecular weight excluding hydrogens is 248 g/mol. The van der Waals surface area contributed by atoms with Gasteiger partial charge in [0.25, 0.3) is 0 Å². The standard InChI is InChI=1S/C13H14N2O2S/c1-8-12(14)15-13(18-8)9-3-4-10-11(7-9)17-6-2-5-16-10/h3-4,7H,2,5-6,14H2,1H3. The molecule has 0 radical (unpaired) electrons. The third kappa shape index (κ3) is 2.01. The molecule has 2 N–H and O–H groups in total. The van der Waals surface area contributed by atoms with Crippen LogP contribution in [0.25, 0.3) is 10.6 Å². The number of nitrogen functional groups attached to an aromatic ring is 1. The van der Waals surface area contributed by atoms with Crippen molar-refractivity contribution in [2.75, 3.05) is 18.9 Å². The Bertz CT molecular complexity index is 561. The van der Waals surface area contributed by atoms with Crippen molar-refractivity contribution >= 4 is 17.2 Å². The Kier molecular flexibility index (Phi) is 2.83. The molecule has 1 aliphatic rings. The second-order valence-corrected chi connectivity index (χ2v) is 5.38. The Morgan fingerprint density at radius 1 is 1.22 bits per heavy atom. The number of fused-ring (bicyclic) bond motifs is 1. The Balaban J connectivity index is 2.01. The van der Waals surface area contributed by atoms with Crippen LogP contribution in [0.15, 0.2) is 18.2 Å². The van der Waals surface area contributed by atoms with Crippen molar-refractivity contribution in [3.05, 3.63) is 23.1 Å². The number of benzene rings is 1. The number of ether oxygens (including phenoxy) is 2. The molecule has 0 fully saturated rings. The second kappa shape index (κ2) is 4.49. The smallest absolute Gasteiger partial charge is 0.161 e. The number of thiazole rings is 1. The summed E-state index contributed by atoms with van der Waals surface area (Å²) >= 11 is 1.59. The summed E-state index contributed by atoms with van der Waals surface area (Å²) in [4.78, 5) is 5.39. The van der Waals surface area contributed by atoms with Gasteiger partial charge in [-0.1, -0.05) is 0 Å². The van der Waals surface area contributed by atoms with E-state index in [-0.39, 0.29) is 0 Å². The number of hydrogen-bond donors (Lipinski definition) is 1. The predicted octanol–water partition coefficient (Wildman–Crippen LogP) is 2.86. The molecule has 1 aromatic carbocycles. The van der Waals surface area contributed by atoms with E-state index in [0.717, 1.165) is 33.4 Å². The first-order valence-electron chi connectivity index (χ1n) is 5.87. The van der Waals surface area contributed by atoms with Crippen LogP contribution < -0.4 is 15.2 Å². The van der Waals surface area contributed by atoms with Crippen LogP contribution in [-0.2, 0) is 0 Å². The number of aryl methyl sites for hydroxylation is 1. The minimum Gasteiger partial charge on any atom is -0.490 e. The summed E-state index contributed by atoms with van der Waals surface area (Å²) in [6.45, 7) is 3.37. The van der Waals surface area contributed by atoms with E-state index in [4.69, 9.17) is 15.2 Å². The predicted molar refractivity (Wildman–Crippen MR) is 72.3 cm³/mol. The van der Waals surface area contributed by atoms with Gasteiger partial charge in [-0.15, -0.1) is 11.3 Å². The van der Waals surface area contributed by atoms with Gasteiger partial charge in [-0.3, -0.25) is 0 Å². The van der Waals surface area contributed by atoms with Gasteiger partial charge in [0.1, 0.15) is 10.8 Å². The van der Waals surface area contributed by atoms with Gasteiger partial charge in [0, 0.05) is 16.9 Å².